The molecule has 0 N–H and O–H groups in total. The molecule has 2 fully saturated rings. The topological polar surface area (TPSA) is 0 Å². The largest absolute Gasteiger partial charge is 0.176 e. The maximum absolute atomic E-state index is 4.50. The summed E-state index contributed by atoms with van der Waals surface area (Å²) >= 11 is 4.50. The Morgan fingerprint density at radius 3 is 2.25 bits per heavy atom. The van der Waals surface area contributed by atoms with E-state index in [1.165, 1.54) is 25.7 Å². The van der Waals surface area contributed by atoms with Gasteiger partial charge >= 0.3 is 0 Å². The average molecular weight is 128 g/mol. The fourth-order valence-corrected chi connectivity index (χ4v) is 2.78. The van der Waals surface area contributed by atoms with E-state index in [1.807, 2.05) is 0 Å². The molecule has 2 saturated carbocycles. The highest BCUT2D eigenvalue weighted by Gasteiger charge is 2.37. The summed E-state index contributed by atoms with van der Waals surface area (Å²) in [4.78, 5) is 0. The zero-order chi connectivity index (χ0) is 5.56. The highest BCUT2D eigenvalue weighted by molar-refractivity contribution is 7.81. The average Bonchev–Trinajstić information content (AvgIpc) is 2.23. The van der Waals surface area contributed by atoms with Gasteiger partial charge in [0.25, 0.3) is 0 Å². The smallest absolute Gasteiger partial charge is 0.00478 e. The molecule has 1 heteroatoms. The molecule has 8 heavy (non-hydrogen) atoms. The molecule has 0 nitrogen and oxygen atoms in total. The van der Waals surface area contributed by atoms with Gasteiger partial charge in [-0.05, 0) is 31.1 Å². The number of hydrogen-bond donors (Lipinski definition) is 1. The van der Waals surface area contributed by atoms with Crippen LogP contribution in [0.1, 0.15) is 25.7 Å². The van der Waals surface area contributed by atoms with Crippen LogP contribution in [0.2, 0.25) is 0 Å². The Kier molecular flexibility index (Phi) is 1.07. The summed E-state index contributed by atoms with van der Waals surface area (Å²) in [6, 6.07) is 0. The lowest BCUT2D eigenvalue weighted by atomic mass is 10.0. The molecule has 0 aromatic heterocycles. The molecule has 46 valence electrons. The van der Waals surface area contributed by atoms with E-state index >= 15 is 0 Å². The maximum Gasteiger partial charge on any atom is 0.00478 e. The monoisotopic (exact) mass is 128 g/mol. The number of fused-ring (bicyclic) bond motifs is 2. The van der Waals surface area contributed by atoms with Gasteiger partial charge < -0.3 is 0 Å². The van der Waals surface area contributed by atoms with Crippen LogP contribution in [0.15, 0.2) is 0 Å². The van der Waals surface area contributed by atoms with Crippen molar-refractivity contribution in [3.8, 4) is 0 Å². The van der Waals surface area contributed by atoms with Crippen molar-refractivity contribution in [3.63, 3.8) is 0 Å². The summed E-state index contributed by atoms with van der Waals surface area (Å²) in [6.07, 6.45) is 5.88. The van der Waals surface area contributed by atoms with E-state index in [2.05, 4.69) is 12.6 Å². The van der Waals surface area contributed by atoms with E-state index in [1.54, 1.807) is 0 Å². The zero-order valence-corrected chi connectivity index (χ0v) is 5.90. The second-order valence-corrected chi connectivity index (χ2v) is 3.91. The molecule has 2 aliphatic rings. The van der Waals surface area contributed by atoms with Gasteiger partial charge in [0.15, 0.2) is 0 Å². The van der Waals surface area contributed by atoms with Crippen molar-refractivity contribution >= 4 is 12.6 Å². The number of rotatable bonds is 0. The predicted molar refractivity (Wildman–Crippen MR) is 38.2 cm³/mol. The van der Waals surface area contributed by atoms with Crippen LogP contribution in [0.3, 0.4) is 0 Å². The molecule has 0 aromatic carbocycles. The Morgan fingerprint density at radius 1 is 1.12 bits per heavy atom. The first kappa shape index (κ1) is 5.16. The lowest BCUT2D eigenvalue weighted by Crippen LogP contribution is -2.08. The van der Waals surface area contributed by atoms with Crippen molar-refractivity contribution in [2.45, 2.75) is 30.9 Å². The lowest BCUT2D eigenvalue weighted by molar-refractivity contribution is 0.494. The Labute approximate surface area is 56.1 Å². The molecular weight excluding hydrogens is 116 g/mol. The van der Waals surface area contributed by atoms with Gasteiger partial charge in [0, 0.05) is 5.25 Å². The van der Waals surface area contributed by atoms with Crippen LogP contribution in [-0.2, 0) is 0 Å². The third kappa shape index (κ3) is 0.604. The van der Waals surface area contributed by atoms with Gasteiger partial charge in [-0.1, -0.05) is 6.42 Å². The van der Waals surface area contributed by atoms with Crippen molar-refractivity contribution in [1.29, 1.82) is 0 Å². The van der Waals surface area contributed by atoms with Crippen molar-refractivity contribution in [2.75, 3.05) is 0 Å². The van der Waals surface area contributed by atoms with E-state index in [0.717, 1.165) is 17.1 Å². The molecule has 2 rings (SSSR count). The molecule has 0 aliphatic heterocycles. The number of thiol groups is 1. The van der Waals surface area contributed by atoms with Crippen LogP contribution >= 0.6 is 12.6 Å². The quantitative estimate of drug-likeness (QED) is 0.475. The van der Waals surface area contributed by atoms with Gasteiger partial charge in [-0.15, -0.1) is 0 Å². The molecule has 2 bridgehead atoms. The summed E-state index contributed by atoms with van der Waals surface area (Å²) in [5.41, 5.74) is 0. The van der Waals surface area contributed by atoms with Gasteiger partial charge in [0.2, 0.25) is 0 Å². The molecule has 0 saturated heterocycles. The molecule has 0 radical (unpaired) electrons. The van der Waals surface area contributed by atoms with Crippen molar-refractivity contribution < 1.29 is 0 Å². The molecule has 0 heterocycles. The Balaban J connectivity index is 2.11. The minimum absolute atomic E-state index is 0.772. The van der Waals surface area contributed by atoms with Gasteiger partial charge in [-0.25, -0.2) is 0 Å². The Morgan fingerprint density at radius 2 is 2.00 bits per heavy atom. The first-order chi connectivity index (χ1) is 3.86. The van der Waals surface area contributed by atoms with E-state index < -0.39 is 0 Å². The molecule has 2 aliphatic carbocycles. The highest BCUT2D eigenvalue weighted by Crippen LogP contribution is 2.46. The van der Waals surface area contributed by atoms with E-state index in [9.17, 15) is 0 Å². The molecular formula is C7H12S. The molecule has 3 atom stereocenters. The number of hydrogen-bond acceptors (Lipinski definition) is 1. The van der Waals surface area contributed by atoms with Crippen LogP contribution in [-0.4, -0.2) is 5.25 Å². The first-order valence-electron chi connectivity index (χ1n) is 3.54. The Hall–Kier alpha value is 0.350. The van der Waals surface area contributed by atoms with E-state index in [0.29, 0.717) is 0 Å². The third-order valence-corrected chi connectivity index (χ3v) is 3.33. The second-order valence-electron chi connectivity index (χ2n) is 3.24. The maximum atomic E-state index is 4.50. The molecule has 0 spiro atoms. The van der Waals surface area contributed by atoms with Crippen LogP contribution in [0, 0.1) is 11.8 Å². The van der Waals surface area contributed by atoms with Gasteiger partial charge in [-0.2, -0.15) is 12.6 Å². The van der Waals surface area contributed by atoms with E-state index in [4.69, 9.17) is 0 Å². The van der Waals surface area contributed by atoms with Crippen LogP contribution in [0.5, 0.6) is 0 Å². The summed E-state index contributed by atoms with van der Waals surface area (Å²) < 4.78 is 0. The summed E-state index contributed by atoms with van der Waals surface area (Å²) in [6.45, 7) is 0. The highest BCUT2D eigenvalue weighted by atomic mass is 32.1. The fourth-order valence-electron chi connectivity index (χ4n) is 2.21. The second kappa shape index (κ2) is 1.66. The van der Waals surface area contributed by atoms with E-state index in [-0.39, 0.29) is 0 Å². The predicted octanol–water partition coefficient (Wildman–Crippen LogP) is 2.10. The minimum Gasteiger partial charge on any atom is -0.176 e. The fraction of sp³-hybridized carbons (Fsp3) is 1.00. The standard InChI is InChI=1S/C7H12S/c8-7-4-5-1-2-6(7)3-5/h5-8H,1-4H2/t5-,6+,7-/m0/s1. The van der Waals surface area contributed by atoms with Crippen molar-refractivity contribution in [2.24, 2.45) is 11.8 Å². The molecule has 0 amide bonds. The molecule has 0 aromatic rings. The van der Waals surface area contributed by atoms with Crippen LogP contribution < -0.4 is 0 Å². The first-order valence-corrected chi connectivity index (χ1v) is 4.06. The van der Waals surface area contributed by atoms with Gasteiger partial charge in [0.05, 0.1) is 0 Å². The van der Waals surface area contributed by atoms with Crippen molar-refractivity contribution in [3.05, 3.63) is 0 Å². The lowest BCUT2D eigenvalue weighted by Gasteiger charge is -2.14. The molecule has 0 unspecified atom stereocenters. The summed E-state index contributed by atoms with van der Waals surface area (Å²) in [7, 11) is 0. The van der Waals surface area contributed by atoms with Gasteiger partial charge in [-0.3, -0.25) is 0 Å². The minimum atomic E-state index is 0.772. The van der Waals surface area contributed by atoms with Crippen molar-refractivity contribution in [1.82, 2.24) is 0 Å². The third-order valence-electron chi connectivity index (χ3n) is 2.70. The van der Waals surface area contributed by atoms with Crippen LogP contribution in [0.25, 0.3) is 0 Å². The Bertz CT molecular complexity index is 98.6. The van der Waals surface area contributed by atoms with Gasteiger partial charge in [0.1, 0.15) is 0 Å². The van der Waals surface area contributed by atoms with Crippen LogP contribution in [0.4, 0.5) is 0 Å². The normalized spacial score (nSPS) is 52.9. The SMILES string of the molecule is S[C@H]1C[C@H]2CC[C@@H]1C2. The zero-order valence-electron chi connectivity index (χ0n) is 5.01. The summed E-state index contributed by atoms with van der Waals surface area (Å²) in [5, 5.41) is 0.772. The summed E-state index contributed by atoms with van der Waals surface area (Å²) in [5.74, 6) is 2.07.